The fourth-order valence-electron chi connectivity index (χ4n) is 3.30. The molecule has 0 aliphatic carbocycles. The highest BCUT2D eigenvalue weighted by molar-refractivity contribution is 5.95. The molecule has 1 fully saturated rings. The number of aldehydes is 2. The number of hydrogen-bond donors (Lipinski definition) is 1. The number of carbonyl (C=O) groups excluding carboxylic acids is 3. The number of amides is 1. The van der Waals surface area contributed by atoms with Crippen LogP contribution in [-0.4, -0.2) is 48.2 Å². The Labute approximate surface area is 157 Å². The molecule has 2 aromatic rings. The quantitative estimate of drug-likeness (QED) is 0.794. The summed E-state index contributed by atoms with van der Waals surface area (Å²) in [6.07, 6.45) is 3.06. The molecule has 1 heterocycles. The van der Waals surface area contributed by atoms with Gasteiger partial charge in [0.25, 0.3) is 5.91 Å². The van der Waals surface area contributed by atoms with E-state index in [4.69, 9.17) is 4.74 Å². The van der Waals surface area contributed by atoms with Gasteiger partial charge in [0.1, 0.15) is 17.8 Å². The summed E-state index contributed by atoms with van der Waals surface area (Å²) in [4.78, 5) is 36.5. The molecule has 140 valence electrons. The summed E-state index contributed by atoms with van der Waals surface area (Å²) in [5.41, 5.74) is 1.10. The topological polar surface area (TPSA) is 83.9 Å². The number of likely N-dealkylation sites (tertiary alicyclic amines) is 1. The van der Waals surface area contributed by atoms with Crippen molar-refractivity contribution in [1.29, 1.82) is 0 Å². The van der Waals surface area contributed by atoms with E-state index in [9.17, 15) is 19.5 Å². The van der Waals surface area contributed by atoms with Gasteiger partial charge in [0.15, 0.2) is 6.29 Å². The molecule has 1 saturated heterocycles. The van der Waals surface area contributed by atoms with E-state index in [1.54, 1.807) is 41.3 Å². The molecule has 0 bridgehead atoms. The van der Waals surface area contributed by atoms with E-state index in [-0.39, 0.29) is 23.1 Å². The first-order chi connectivity index (χ1) is 13.1. The minimum atomic E-state index is -0.113. The fourth-order valence-corrected chi connectivity index (χ4v) is 3.30. The number of hydrogen-bond acceptors (Lipinski definition) is 5. The summed E-state index contributed by atoms with van der Waals surface area (Å²) >= 11 is 0. The summed E-state index contributed by atoms with van der Waals surface area (Å²) in [6, 6.07) is 11.4. The molecule has 1 atom stereocenters. The van der Waals surface area contributed by atoms with Gasteiger partial charge in [-0.1, -0.05) is 18.2 Å². The number of phenols is 1. The van der Waals surface area contributed by atoms with Gasteiger partial charge in [-0.15, -0.1) is 0 Å². The van der Waals surface area contributed by atoms with Gasteiger partial charge in [-0.25, -0.2) is 0 Å². The lowest BCUT2D eigenvalue weighted by atomic mass is 9.98. The van der Waals surface area contributed by atoms with Crippen LogP contribution in [0.15, 0.2) is 42.5 Å². The number of carbonyl (C=O) groups is 3. The highest BCUT2D eigenvalue weighted by Crippen LogP contribution is 2.27. The Bertz CT molecular complexity index is 848. The van der Waals surface area contributed by atoms with Crippen molar-refractivity contribution in [2.24, 2.45) is 5.92 Å². The van der Waals surface area contributed by atoms with Crippen molar-refractivity contribution >= 4 is 18.5 Å². The Kier molecular flexibility index (Phi) is 5.86. The molecule has 1 amide bonds. The monoisotopic (exact) mass is 367 g/mol. The number of aromatic hydroxyl groups is 1. The summed E-state index contributed by atoms with van der Waals surface area (Å²) in [5, 5.41) is 9.72. The zero-order valence-electron chi connectivity index (χ0n) is 14.8. The van der Waals surface area contributed by atoms with E-state index >= 15 is 0 Å². The average molecular weight is 367 g/mol. The molecular formula is C21H21NO5. The summed E-state index contributed by atoms with van der Waals surface area (Å²) in [6.45, 7) is 1.55. The third kappa shape index (κ3) is 4.34. The second-order valence-corrected chi connectivity index (χ2v) is 6.62. The van der Waals surface area contributed by atoms with Crippen LogP contribution >= 0.6 is 0 Å². The van der Waals surface area contributed by atoms with Gasteiger partial charge >= 0.3 is 0 Å². The van der Waals surface area contributed by atoms with Gasteiger partial charge in [0, 0.05) is 30.1 Å². The molecule has 1 N–H and O–H groups in total. The van der Waals surface area contributed by atoms with E-state index in [1.807, 2.05) is 0 Å². The maximum absolute atomic E-state index is 12.7. The first-order valence-electron chi connectivity index (χ1n) is 8.87. The van der Waals surface area contributed by atoms with Crippen LogP contribution in [0.25, 0.3) is 0 Å². The van der Waals surface area contributed by atoms with Crippen LogP contribution in [0.3, 0.4) is 0 Å². The van der Waals surface area contributed by atoms with Crippen molar-refractivity contribution in [3.05, 3.63) is 59.2 Å². The van der Waals surface area contributed by atoms with Crippen LogP contribution in [-0.2, 0) is 0 Å². The molecule has 0 saturated carbocycles. The third-order valence-corrected chi connectivity index (χ3v) is 4.71. The SMILES string of the molecule is O=Cc1cccc(C(=O)N2CCC[C@@H](COc3cccc(O)c3C=O)C2)c1. The van der Waals surface area contributed by atoms with Gasteiger partial charge in [-0.05, 0) is 37.1 Å². The first kappa shape index (κ1) is 18.6. The molecule has 1 aliphatic heterocycles. The molecule has 27 heavy (non-hydrogen) atoms. The molecule has 1 aliphatic rings. The van der Waals surface area contributed by atoms with Crippen molar-refractivity contribution in [1.82, 2.24) is 4.90 Å². The van der Waals surface area contributed by atoms with Crippen LogP contribution in [0, 0.1) is 5.92 Å². The van der Waals surface area contributed by atoms with Crippen molar-refractivity contribution in [3.63, 3.8) is 0 Å². The predicted molar refractivity (Wildman–Crippen MR) is 99.4 cm³/mol. The zero-order chi connectivity index (χ0) is 19.2. The molecule has 6 nitrogen and oxygen atoms in total. The summed E-state index contributed by atoms with van der Waals surface area (Å²) in [5.74, 6) is 0.248. The molecule has 6 heteroatoms. The van der Waals surface area contributed by atoms with Crippen LogP contribution in [0.5, 0.6) is 11.5 Å². The largest absolute Gasteiger partial charge is 0.507 e. The number of piperidine rings is 1. The minimum absolute atomic E-state index is 0.102. The smallest absolute Gasteiger partial charge is 0.253 e. The second-order valence-electron chi connectivity index (χ2n) is 6.62. The van der Waals surface area contributed by atoms with Gasteiger partial charge in [-0.2, -0.15) is 0 Å². The van der Waals surface area contributed by atoms with Crippen molar-refractivity contribution < 1.29 is 24.2 Å². The Morgan fingerprint density at radius 1 is 1.19 bits per heavy atom. The van der Waals surface area contributed by atoms with Gasteiger partial charge in [0.2, 0.25) is 0 Å². The lowest BCUT2D eigenvalue weighted by molar-refractivity contribution is 0.0633. The van der Waals surface area contributed by atoms with Crippen molar-refractivity contribution in [2.45, 2.75) is 12.8 Å². The lowest BCUT2D eigenvalue weighted by Gasteiger charge is -2.33. The van der Waals surface area contributed by atoms with Gasteiger partial charge in [-0.3, -0.25) is 14.4 Å². The minimum Gasteiger partial charge on any atom is -0.507 e. The molecule has 0 aromatic heterocycles. The van der Waals surface area contributed by atoms with Gasteiger partial charge < -0.3 is 14.7 Å². The van der Waals surface area contributed by atoms with Gasteiger partial charge in [0.05, 0.1) is 12.2 Å². The van der Waals surface area contributed by atoms with E-state index in [2.05, 4.69) is 0 Å². The van der Waals surface area contributed by atoms with E-state index in [1.165, 1.54) is 6.07 Å². The van der Waals surface area contributed by atoms with Crippen LogP contribution in [0.1, 0.15) is 43.9 Å². The normalized spacial score (nSPS) is 16.6. The number of phenolic OH excluding ortho intramolecular Hbond substituents is 1. The fraction of sp³-hybridized carbons (Fsp3) is 0.286. The average Bonchev–Trinajstić information content (AvgIpc) is 2.72. The molecule has 0 spiro atoms. The van der Waals surface area contributed by atoms with Crippen LogP contribution in [0.2, 0.25) is 0 Å². The van der Waals surface area contributed by atoms with Crippen molar-refractivity contribution in [3.8, 4) is 11.5 Å². The second kappa shape index (κ2) is 8.49. The third-order valence-electron chi connectivity index (χ3n) is 4.71. The van der Waals surface area contributed by atoms with Crippen LogP contribution in [0.4, 0.5) is 0 Å². The number of benzene rings is 2. The number of rotatable bonds is 6. The van der Waals surface area contributed by atoms with E-state index < -0.39 is 0 Å². The lowest BCUT2D eigenvalue weighted by Crippen LogP contribution is -2.41. The Morgan fingerprint density at radius 3 is 2.78 bits per heavy atom. The Morgan fingerprint density at radius 2 is 2.00 bits per heavy atom. The molecule has 3 rings (SSSR count). The van der Waals surface area contributed by atoms with E-state index in [0.29, 0.717) is 42.9 Å². The first-order valence-corrected chi connectivity index (χ1v) is 8.87. The molecule has 0 radical (unpaired) electrons. The maximum Gasteiger partial charge on any atom is 0.253 e. The molecule has 2 aromatic carbocycles. The van der Waals surface area contributed by atoms with E-state index in [0.717, 1.165) is 19.1 Å². The number of nitrogens with zero attached hydrogens (tertiary/aromatic N) is 1. The molecular weight excluding hydrogens is 346 g/mol. The van der Waals surface area contributed by atoms with Crippen LogP contribution < -0.4 is 4.74 Å². The van der Waals surface area contributed by atoms with Crippen molar-refractivity contribution in [2.75, 3.05) is 19.7 Å². The highest BCUT2D eigenvalue weighted by Gasteiger charge is 2.25. The zero-order valence-corrected chi connectivity index (χ0v) is 14.8. The molecule has 0 unspecified atom stereocenters. The number of ether oxygens (including phenoxy) is 1. The Hall–Kier alpha value is -3.15. The Balaban J connectivity index is 1.64. The summed E-state index contributed by atoms with van der Waals surface area (Å²) in [7, 11) is 0. The standard InChI is InChI=1S/C21H21NO5/c23-12-15-4-1-6-17(10-15)21(26)22-9-3-5-16(11-22)14-27-20-8-2-7-19(25)18(20)13-24/h1-2,4,6-8,10,12-13,16,25H,3,5,9,11,14H2/t16-/m1/s1. The highest BCUT2D eigenvalue weighted by atomic mass is 16.5. The maximum atomic E-state index is 12.7. The summed E-state index contributed by atoms with van der Waals surface area (Å²) < 4.78 is 5.74. The predicted octanol–water partition coefficient (Wildman–Crippen LogP) is 2.95.